The minimum absolute atomic E-state index is 0.143. The molecule has 0 radical (unpaired) electrons. The third-order valence-corrected chi connectivity index (χ3v) is 11.1. The Kier molecular flexibility index (Phi) is 6.23. The fraction of sp³-hybridized carbons (Fsp3) is 0.0625. The molecule has 0 saturated heterocycles. The molecule has 250 valence electrons. The zero-order valence-corrected chi connectivity index (χ0v) is 29.2. The number of hydrogen-bond acceptors (Lipinski definition) is 4. The molecule has 7 aromatic carbocycles. The molecular formula is C48H32N4O. The second-order valence-electron chi connectivity index (χ2n) is 14.4. The van der Waals surface area contributed by atoms with Crippen molar-refractivity contribution in [1.29, 1.82) is 0 Å². The van der Waals surface area contributed by atoms with E-state index in [1.54, 1.807) is 0 Å². The largest absolute Gasteiger partial charge is 0.456 e. The quantitative estimate of drug-likeness (QED) is 0.186. The summed E-state index contributed by atoms with van der Waals surface area (Å²) in [7, 11) is 0. The highest BCUT2D eigenvalue weighted by atomic mass is 16.3. The fourth-order valence-corrected chi connectivity index (χ4v) is 8.53. The van der Waals surface area contributed by atoms with E-state index in [4.69, 9.17) is 19.4 Å². The summed E-state index contributed by atoms with van der Waals surface area (Å²) < 4.78 is 8.86. The summed E-state index contributed by atoms with van der Waals surface area (Å²) in [5.41, 5.74) is 12.8. The molecule has 5 nitrogen and oxygen atoms in total. The number of benzene rings is 7. The third kappa shape index (κ3) is 4.40. The summed E-state index contributed by atoms with van der Waals surface area (Å²) in [5.74, 6) is 1.87. The lowest BCUT2D eigenvalue weighted by Crippen LogP contribution is -2.15. The van der Waals surface area contributed by atoms with E-state index in [-0.39, 0.29) is 5.41 Å². The highest BCUT2D eigenvalue weighted by molar-refractivity contribution is 6.13. The van der Waals surface area contributed by atoms with Gasteiger partial charge in [-0.3, -0.25) is 0 Å². The van der Waals surface area contributed by atoms with E-state index in [1.807, 2.05) is 30.3 Å². The maximum absolute atomic E-state index is 6.52. The predicted octanol–water partition coefficient (Wildman–Crippen LogP) is 12.2. The standard InChI is InChI=1S/C48H32N4O/c1-48(2)38-19-9-6-15-32(38)33-25-23-30(27-39(33)48)46-49-45(29-13-4-3-5-14-29)50-47(51-46)36-18-12-22-43-44(36)37-28-31(24-26-42(37)53-43)52-40-20-10-7-16-34(40)35-17-8-11-21-41(35)52/h3-28H,1-2H3. The van der Waals surface area contributed by atoms with Gasteiger partial charge in [0.15, 0.2) is 17.5 Å². The van der Waals surface area contributed by atoms with Crippen LogP contribution in [0.15, 0.2) is 162 Å². The summed E-state index contributed by atoms with van der Waals surface area (Å²) >= 11 is 0. The van der Waals surface area contributed by atoms with Crippen LogP contribution >= 0.6 is 0 Å². The maximum atomic E-state index is 6.52. The van der Waals surface area contributed by atoms with Crippen LogP contribution in [-0.2, 0) is 5.41 Å². The Bertz CT molecular complexity index is 3040. The van der Waals surface area contributed by atoms with Gasteiger partial charge in [-0.15, -0.1) is 0 Å². The third-order valence-electron chi connectivity index (χ3n) is 11.1. The molecule has 11 rings (SSSR count). The van der Waals surface area contributed by atoms with E-state index in [1.165, 1.54) is 33.0 Å². The molecule has 0 N–H and O–H groups in total. The maximum Gasteiger partial charge on any atom is 0.164 e. The molecule has 0 fully saturated rings. The van der Waals surface area contributed by atoms with E-state index in [2.05, 4.69) is 146 Å². The van der Waals surface area contributed by atoms with Crippen LogP contribution in [0.5, 0.6) is 0 Å². The van der Waals surface area contributed by atoms with Crippen LogP contribution in [0.3, 0.4) is 0 Å². The van der Waals surface area contributed by atoms with Crippen LogP contribution in [0.1, 0.15) is 25.0 Å². The van der Waals surface area contributed by atoms with Gasteiger partial charge in [-0.2, -0.15) is 0 Å². The first kappa shape index (κ1) is 29.8. The van der Waals surface area contributed by atoms with Gasteiger partial charge in [-0.05, 0) is 64.7 Å². The van der Waals surface area contributed by atoms with Crippen molar-refractivity contribution in [3.8, 4) is 51.0 Å². The van der Waals surface area contributed by atoms with E-state index in [0.717, 1.165) is 55.3 Å². The Morgan fingerprint density at radius 3 is 1.89 bits per heavy atom. The van der Waals surface area contributed by atoms with Crippen molar-refractivity contribution in [3.05, 3.63) is 169 Å². The predicted molar refractivity (Wildman–Crippen MR) is 215 cm³/mol. The lowest BCUT2D eigenvalue weighted by molar-refractivity contribution is 0.660. The summed E-state index contributed by atoms with van der Waals surface area (Å²) in [6.45, 7) is 4.60. The number of hydrogen-bond donors (Lipinski definition) is 0. The zero-order chi connectivity index (χ0) is 35.3. The molecule has 0 spiro atoms. The number of fused-ring (bicyclic) bond motifs is 9. The van der Waals surface area contributed by atoms with Gasteiger partial charge >= 0.3 is 0 Å². The molecule has 0 saturated carbocycles. The molecule has 1 aliphatic carbocycles. The monoisotopic (exact) mass is 680 g/mol. The number of nitrogens with zero attached hydrogens (tertiary/aromatic N) is 4. The summed E-state index contributed by atoms with van der Waals surface area (Å²) in [6.07, 6.45) is 0. The number of aromatic nitrogens is 4. The first-order valence-electron chi connectivity index (χ1n) is 18.0. The van der Waals surface area contributed by atoms with Crippen molar-refractivity contribution in [2.24, 2.45) is 0 Å². The van der Waals surface area contributed by atoms with Crippen molar-refractivity contribution in [1.82, 2.24) is 19.5 Å². The molecule has 1 aliphatic rings. The van der Waals surface area contributed by atoms with E-state index < -0.39 is 0 Å². The lowest BCUT2D eigenvalue weighted by Gasteiger charge is -2.21. The van der Waals surface area contributed by atoms with Gasteiger partial charge in [0.25, 0.3) is 0 Å². The Balaban J connectivity index is 1.13. The smallest absolute Gasteiger partial charge is 0.164 e. The first-order chi connectivity index (χ1) is 26.0. The van der Waals surface area contributed by atoms with Gasteiger partial charge < -0.3 is 8.98 Å². The molecule has 5 heteroatoms. The van der Waals surface area contributed by atoms with Crippen molar-refractivity contribution in [3.63, 3.8) is 0 Å². The second-order valence-corrected chi connectivity index (χ2v) is 14.4. The highest BCUT2D eigenvalue weighted by Crippen LogP contribution is 2.49. The van der Waals surface area contributed by atoms with E-state index in [9.17, 15) is 0 Å². The normalized spacial score (nSPS) is 13.2. The average Bonchev–Trinajstić information content (AvgIpc) is 3.83. The minimum Gasteiger partial charge on any atom is -0.456 e. The SMILES string of the molecule is CC1(C)c2ccccc2-c2ccc(-c3nc(-c4ccccc4)nc(-c4cccc5oc6ccc(-n7c8ccccc8c8ccccc87)cc6c45)n3)cc21. The van der Waals surface area contributed by atoms with Crippen LogP contribution in [0, 0.1) is 0 Å². The minimum atomic E-state index is -0.143. The molecule has 0 bridgehead atoms. The van der Waals surface area contributed by atoms with Gasteiger partial charge in [0.2, 0.25) is 0 Å². The van der Waals surface area contributed by atoms with Gasteiger partial charge in [-0.1, -0.05) is 129 Å². The van der Waals surface area contributed by atoms with Gasteiger partial charge in [-0.25, -0.2) is 15.0 Å². The molecule has 10 aromatic rings. The van der Waals surface area contributed by atoms with Crippen LogP contribution in [0.2, 0.25) is 0 Å². The fourth-order valence-electron chi connectivity index (χ4n) is 8.53. The summed E-state index contributed by atoms with van der Waals surface area (Å²) in [4.78, 5) is 15.5. The van der Waals surface area contributed by atoms with Crippen molar-refractivity contribution in [2.45, 2.75) is 19.3 Å². The van der Waals surface area contributed by atoms with Crippen LogP contribution in [0.4, 0.5) is 0 Å². The van der Waals surface area contributed by atoms with E-state index in [0.29, 0.717) is 17.5 Å². The molecule has 0 unspecified atom stereocenters. The van der Waals surface area contributed by atoms with Gasteiger partial charge in [0, 0.05) is 49.3 Å². The number of rotatable bonds is 4. The van der Waals surface area contributed by atoms with Gasteiger partial charge in [0.05, 0.1) is 11.0 Å². The average molecular weight is 681 g/mol. The molecule has 0 aliphatic heterocycles. The highest BCUT2D eigenvalue weighted by Gasteiger charge is 2.35. The molecule has 53 heavy (non-hydrogen) atoms. The van der Waals surface area contributed by atoms with Crippen molar-refractivity contribution >= 4 is 43.7 Å². The van der Waals surface area contributed by atoms with Crippen molar-refractivity contribution in [2.75, 3.05) is 0 Å². The molecule has 3 aromatic heterocycles. The molecular weight excluding hydrogens is 649 g/mol. The summed E-state index contributed by atoms with van der Waals surface area (Å²) in [5, 5.41) is 4.44. The van der Waals surface area contributed by atoms with Gasteiger partial charge in [0.1, 0.15) is 11.2 Å². The second kappa shape index (κ2) is 11.1. The molecule has 0 atom stereocenters. The van der Waals surface area contributed by atoms with Crippen LogP contribution < -0.4 is 0 Å². The zero-order valence-electron chi connectivity index (χ0n) is 29.2. The number of para-hydroxylation sites is 2. The van der Waals surface area contributed by atoms with Crippen LogP contribution in [-0.4, -0.2) is 19.5 Å². The summed E-state index contributed by atoms with van der Waals surface area (Å²) in [6, 6.07) is 55.3. The first-order valence-corrected chi connectivity index (χ1v) is 18.0. The van der Waals surface area contributed by atoms with Crippen molar-refractivity contribution < 1.29 is 4.42 Å². The van der Waals surface area contributed by atoms with E-state index >= 15 is 0 Å². The Labute approximate surface area is 305 Å². The molecule has 3 heterocycles. The Hall–Kier alpha value is -6.85. The lowest BCUT2D eigenvalue weighted by atomic mass is 9.82. The number of furan rings is 1. The Morgan fingerprint density at radius 2 is 1.09 bits per heavy atom. The topological polar surface area (TPSA) is 56.7 Å². The van der Waals surface area contributed by atoms with Crippen LogP contribution in [0.25, 0.3) is 94.7 Å². The Morgan fingerprint density at radius 1 is 0.453 bits per heavy atom. The molecule has 0 amide bonds.